The molecule has 0 aromatic heterocycles. The molecule has 0 fully saturated rings. The Bertz CT molecular complexity index is 1140. The summed E-state index contributed by atoms with van der Waals surface area (Å²) in [5, 5.41) is 5.58. The number of hydrogen-bond donors (Lipinski definition) is 2. The van der Waals surface area contributed by atoms with Crippen LogP contribution in [0.15, 0.2) is 60.7 Å². The molecule has 0 saturated carbocycles. The van der Waals surface area contributed by atoms with Gasteiger partial charge in [0.15, 0.2) is 0 Å². The number of unbranched alkanes of at least 4 members (excludes halogenated alkanes) is 1. The van der Waals surface area contributed by atoms with Crippen molar-refractivity contribution in [2.24, 2.45) is 11.8 Å². The third-order valence-corrected chi connectivity index (χ3v) is 6.95. The Hall–Kier alpha value is -3.88. The summed E-state index contributed by atoms with van der Waals surface area (Å²) in [4.78, 5) is 54.7. The fourth-order valence-electron chi connectivity index (χ4n) is 4.61. The Morgan fingerprint density at radius 2 is 1.35 bits per heavy atom. The van der Waals surface area contributed by atoms with Crippen LogP contribution in [0, 0.1) is 11.8 Å². The van der Waals surface area contributed by atoms with E-state index in [1.165, 1.54) is 4.90 Å². The van der Waals surface area contributed by atoms with Crippen molar-refractivity contribution in [2.75, 3.05) is 13.7 Å². The molecule has 0 radical (unpaired) electrons. The van der Waals surface area contributed by atoms with E-state index in [0.717, 1.165) is 17.5 Å². The van der Waals surface area contributed by atoms with Crippen molar-refractivity contribution in [3.63, 3.8) is 0 Å². The van der Waals surface area contributed by atoms with Gasteiger partial charge in [-0.3, -0.25) is 9.59 Å². The number of ether oxygens (including phenoxy) is 2. The summed E-state index contributed by atoms with van der Waals surface area (Å²) < 4.78 is 10.8. The number of nitrogens with one attached hydrogen (secondary N) is 2. The molecule has 43 heavy (non-hydrogen) atoms. The van der Waals surface area contributed by atoms with Crippen molar-refractivity contribution >= 4 is 23.9 Å². The van der Waals surface area contributed by atoms with Gasteiger partial charge in [-0.05, 0) is 42.2 Å². The van der Waals surface area contributed by atoms with Crippen LogP contribution in [-0.2, 0) is 36.9 Å². The minimum atomic E-state index is -0.953. The first-order valence-electron chi connectivity index (χ1n) is 15.3. The van der Waals surface area contributed by atoms with E-state index in [0.29, 0.717) is 19.3 Å². The molecule has 0 aliphatic rings. The van der Waals surface area contributed by atoms with Gasteiger partial charge in [-0.25, -0.2) is 9.59 Å². The van der Waals surface area contributed by atoms with Gasteiger partial charge in [-0.2, -0.15) is 0 Å². The quantitative estimate of drug-likeness (QED) is 0.190. The average Bonchev–Trinajstić information content (AvgIpc) is 2.98. The summed E-state index contributed by atoms with van der Waals surface area (Å²) in [7, 11) is 1.56. The van der Waals surface area contributed by atoms with Gasteiger partial charge >= 0.3 is 12.1 Å². The van der Waals surface area contributed by atoms with E-state index in [9.17, 15) is 19.2 Å². The zero-order chi connectivity index (χ0) is 31.8. The molecule has 9 heteroatoms. The van der Waals surface area contributed by atoms with Crippen molar-refractivity contribution in [3.8, 4) is 0 Å². The Morgan fingerprint density at radius 3 is 1.91 bits per heavy atom. The van der Waals surface area contributed by atoms with E-state index in [1.54, 1.807) is 7.05 Å². The van der Waals surface area contributed by atoms with E-state index in [1.807, 2.05) is 95.3 Å². The predicted octanol–water partition coefficient (Wildman–Crippen LogP) is 5.27. The molecule has 3 atom stereocenters. The maximum Gasteiger partial charge on any atom is 0.407 e. The number of hydrogen-bond acceptors (Lipinski definition) is 6. The molecule has 3 amide bonds. The van der Waals surface area contributed by atoms with Crippen LogP contribution in [0.4, 0.5) is 4.79 Å². The van der Waals surface area contributed by atoms with Crippen LogP contribution in [0.1, 0.15) is 71.4 Å². The highest BCUT2D eigenvalue weighted by atomic mass is 16.5. The normalized spacial score (nSPS) is 13.1. The van der Waals surface area contributed by atoms with Crippen molar-refractivity contribution in [1.82, 2.24) is 15.5 Å². The lowest BCUT2D eigenvalue weighted by atomic mass is 9.98. The summed E-state index contributed by atoms with van der Waals surface area (Å²) in [6.45, 7) is 10.2. The number of amides is 3. The summed E-state index contributed by atoms with van der Waals surface area (Å²) in [6, 6.07) is 16.0. The second-order valence-electron chi connectivity index (χ2n) is 11.8. The largest absolute Gasteiger partial charge is 0.459 e. The topological polar surface area (TPSA) is 114 Å². The van der Waals surface area contributed by atoms with Crippen molar-refractivity contribution < 1.29 is 28.7 Å². The highest BCUT2D eigenvalue weighted by Gasteiger charge is 2.35. The SMILES string of the molecule is CCCCOC(=O)NC(Cc1ccccc1)C(=O)N(C)C(CC(C)C)C(=O)NC(CC(C)C)C(=O)OCc1ccccc1. The fraction of sp³-hybridized carbons (Fsp3) is 0.529. The lowest BCUT2D eigenvalue weighted by molar-refractivity contribution is -0.150. The molecule has 9 nitrogen and oxygen atoms in total. The van der Waals surface area contributed by atoms with E-state index < -0.39 is 42.0 Å². The van der Waals surface area contributed by atoms with E-state index >= 15 is 0 Å². The second kappa shape index (κ2) is 18.6. The minimum Gasteiger partial charge on any atom is -0.459 e. The lowest BCUT2D eigenvalue weighted by Crippen LogP contribution is -2.57. The Kier molecular flexibility index (Phi) is 15.3. The summed E-state index contributed by atoms with van der Waals surface area (Å²) in [5.74, 6) is -1.23. The number of benzene rings is 2. The molecule has 236 valence electrons. The third-order valence-electron chi connectivity index (χ3n) is 6.95. The standard InChI is InChI=1S/C34H49N3O6/c1-7-8-19-42-34(41)36-28(22-26-15-11-9-12-16-26)32(39)37(6)30(21-25(4)5)31(38)35-29(20-24(2)3)33(40)43-23-27-17-13-10-14-18-27/h9-18,24-25,28-30H,7-8,19-23H2,1-6H3,(H,35,38)(H,36,41). The Labute approximate surface area is 256 Å². The molecule has 0 saturated heterocycles. The zero-order valence-corrected chi connectivity index (χ0v) is 26.5. The number of rotatable bonds is 17. The number of likely N-dealkylation sites (N-methyl/N-ethyl adjacent to an activating group) is 1. The summed E-state index contributed by atoms with van der Waals surface area (Å²) in [6.07, 6.45) is 1.87. The number of esters is 1. The summed E-state index contributed by atoms with van der Waals surface area (Å²) >= 11 is 0. The smallest absolute Gasteiger partial charge is 0.407 e. The highest BCUT2D eigenvalue weighted by molar-refractivity contribution is 5.93. The molecule has 0 aliphatic carbocycles. The first-order valence-corrected chi connectivity index (χ1v) is 15.3. The lowest BCUT2D eigenvalue weighted by Gasteiger charge is -2.33. The number of alkyl carbamates (subject to hydrolysis) is 1. The van der Waals surface area contributed by atoms with Crippen LogP contribution in [0.3, 0.4) is 0 Å². The molecule has 2 rings (SSSR count). The minimum absolute atomic E-state index is 0.0686. The maximum atomic E-state index is 13.9. The maximum absolute atomic E-state index is 13.9. The van der Waals surface area contributed by atoms with Gasteiger partial charge in [-0.15, -0.1) is 0 Å². The first kappa shape index (κ1) is 35.3. The molecule has 0 bridgehead atoms. The van der Waals surface area contributed by atoms with Crippen LogP contribution in [-0.4, -0.2) is 60.6 Å². The van der Waals surface area contributed by atoms with Crippen LogP contribution in [0.25, 0.3) is 0 Å². The van der Waals surface area contributed by atoms with Gasteiger partial charge in [0.05, 0.1) is 6.61 Å². The Balaban J connectivity index is 2.23. The molecule has 0 spiro atoms. The molecular weight excluding hydrogens is 546 g/mol. The van der Waals surface area contributed by atoms with E-state index in [-0.39, 0.29) is 31.5 Å². The van der Waals surface area contributed by atoms with Gasteiger partial charge in [-0.1, -0.05) is 102 Å². The summed E-state index contributed by atoms with van der Waals surface area (Å²) in [5.41, 5.74) is 1.70. The van der Waals surface area contributed by atoms with Crippen molar-refractivity contribution in [3.05, 3.63) is 71.8 Å². The van der Waals surface area contributed by atoms with Crippen LogP contribution in [0.5, 0.6) is 0 Å². The van der Waals surface area contributed by atoms with Gasteiger partial charge in [0.2, 0.25) is 11.8 Å². The van der Waals surface area contributed by atoms with Crippen LogP contribution in [0.2, 0.25) is 0 Å². The number of carbonyl (C=O) groups is 4. The molecule has 3 unspecified atom stereocenters. The fourth-order valence-corrected chi connectivity index (χ4v) is 4.61. The van der Waals surface area contributed by atoms with Gasteiger partial charge in [0.1, 0.15) is 24.7 Å². The third kappa shape index (κ3) is 12.9. The Morgan fingerprint density at radius 1 is 0.767 bits per heavy atom. The zero-order valence-electron chi connectivity index (χ0n) is 26.5. The molecular formula is C34H49N3O6. The van der Waals surface area contributed by atoms with Gasteiger partial charge in [0, 0.05) is 13.5 Å². The van der Waals surface area contributed by atoms with Gasteiger partial charge < -0.3 is 25.0 Å². The second-order valence-corrected chi connectivity index (χ2v) is 11.8. The average molecular weight is 596 g/mol. The molecule has 2 aromatic rings. The number of carbonyl (C=O) groups excluding carboxylic acids is 4. The monoisotopic (exact) mass is 595 g/mol. The number of nitrogens with zero attached hydrogens (tertiary/aromatic N) is 1. The van der Waals surface area contributed by atoms with Crippen LogP contribution < -0.4 is 10.6 Å². The molecule has 2 aromatic carbocycles. The first-order chi connectivity index (χ1) is 20.5. The molecule has 0 aliphatic heterocycles. The molecule has 2 N–H and O–H groups in total. The van der Waals surface area contributed by atoms with Gasteiger partial charge in [0.25, 0.3) is 0 Å². The van der Waals surface area contributed by atoms with Crippen molar-refractivity contribution in [2.45, 2.75) is 91.5 Å². The van der Waals surface area contributed by atoms with E-state index in [2.05, 4.69) is 10.6 Å². The highest BCUT2D eigenvalue weighted by Crippen LogP contribution is 2.16. The van der Waals surface area contributed by atoms with E-state index in [4.69, 9.17) is 9.47 Å². The molecule has 0 heterocycles. The predicted molar refractivity (Wildman–Crippen MR) is 167 cm³/mol. The van der Waals surface area contributed by atoms with Crippen molar-refractivity contribution in [1.29, 1.82) is 0 Å². The van der Waals surface area contributed by atoms with Crippen LogP contribution >= 0.6 is 0 Å².